The Kier molecular flexibility index (Phi) is 3.22. The SMILES string of the molecule is O=C([C@H]1CCCNC1)N1C[C@@H]2CNC[C@]2(C(=O)O)C1. The van der Waals surface area contributed by atoms with Crippen LogP contribution in [0.3, 0.4) is 0 Å². The minimum atomic E-state index is -0.764. The molecule has 3 aliphatic rings. The maximum Gasteiger partial charge on any atom is 0.313 e. The average molecular weight is 267 g/mol. The van der Waals surface area contributed by atoms with Crippen molar-refractivity contribution < 1.29 is 14.7 Å². The molecule has 106 valence electrons. The van der Waals surface area contributed by atoms with E-state index in [1.54, 1.807) is 4.90 Å². The van der Waals surface area contributed by atoms with Crippen LogP contribution in [-0.4, -0.2) is 61.2 Å². The Morgan fingerprint density at radius 2 is 2.11 bits per heavy atom. The molecule has 0 spiro atoms. The van der Waals surface area contributed by atoms with Crippen molar-refractivity contribution in [1.29, 1.82) is 0 Å². The summed E-state index contributed by atoms with van der Waals surface area (Å²) in [5.41, 5.74) is -0.752. The normalized spacial score (nSPS) is 38.2. The number of fused-ring (bicyclic) bond motifs is 1. The van der Waals surface area contributed by atoms with E-state index in [1.165, 1.54) is 0 Å². The van der Waals surface area contributed by atoms with Gasteiger partial charge in [-0.25, -0.2) is 0 Å². The maximum absolute atomic E-state index is 12.5. The number of amides is 1. The third kappa shape index (κ3) is 2.03. The summed E-state index contributed by atoms with van der Waals surface area (Å²) in [7, 11) is 0. The van der Waals surface area contributed by atoms with Crippen LogP contribution in [-0.2, 0) is 9.59 Å². The second kappa shape index (κ2) is 4.76. The number of rotatable bonds is 2. The molecular formula is C13H21N3O3. The molecule has 6 nitrogen and oxygen atoms in total. The average Bonchev–Trinajstić information content (AvgIpc) is 2.96. The molecule has 0 aliphatic carbocycles. The van der Waals surface area contributed by atoms with Crippen molar-refractivity contribution in [3.05, 3.63) is 0 Å². The van der Waals surface area contributed by atoms with Gasteiger partial charge in [-0.3, -0.25) is 9.59 Å². The topological polar surface area (TPSA) is 81.7 Å². The van der Waals surface area contributed by atoms with Crippen molar-refractivity contribution in [2.75, 3.05) is 39.3 Å². The largest absolute Gasteiger partial charge is 0.481 e. The lowest BCUT2D eigenvalue weighted by molar-refractivity contribution is -0.148. The van der Waals surface area contributed by atoms with Gasteiger partial charge in [-0.05, 0) is 19.4 Å². The van der Waals surface area contributed by atoms with E-state index in [0.717, 1.165) is 25.9 Å². The molecule has 3 heterocycles. The van der Waals surface area contributed by atoms with Gasteiger partial charge in [0.2, 0.25) is 5.91 Å². The zero-order valence-corrected chi connectivity index (χ0v) is 11.0. The predicted molar refractivity (Wildman–Crippen MR) is 68.6 cm³/mol. The summed E-state index contributed by atoms with van der Waals surface area (Å²) in [6.07, 6.45) is 1.95. The zero-order chi connectivity index (χ0) is 13.5. The summed E-state index contributed by atoms with van der Waals surface area (Å²) in [6, 6.07) is 0. The van der Waals surface area contributed by atoms with E-state index < -0.39 is 11.4 Å². The van der Waals surface area contributed by atoms with Crippen LogP contribution in [0.5, 0.6) is 0 Å². The Labute approximate surface area is 112 Å². The van der Waals surface area contributed by atoms with Crippen LogP contribution >= 0.6 is 0 Å². The van der Waals surface area contributed by atoms with Gasteiger partial charge < -0.3 is 20.6 Å². The third-order valence-electron chi connectivity index (χ3n) is 4.91. The molecule has 0 aromatic heterocycles. The number of likely N-dealkylation sites (tertiary alicyclic amines) is 1. The number of nitrogens with zero attached hydrogens (tertiary/aromatic N) is 1. The summed E-state index contributed by atoms with van der Waals surface area (Å²) < 4.78 is 0. The number of hydrogen-bond donors (Lipinski definition) is 3. The Morgan fingerprint density at radius 3 is 2.74 bits per heavy atom. The molecule has 3 N–H and O–H groups in total. The molecule has 0 unspecified atom stereocenters. The number of carbonyl (C=O) groups is 2. The highest BCUT2D eigenvalue weighted by atomic mass is 16.4. The minimum Gasteiger partial charge on any atom is -0.481 e. The number of carbonyl (C=O) groups excluding carboxylic acids is 1. The molecule has 19 heavy (non-hydrogen) atoms. The Morgan fingerprint density at radius 1 is 1.26 bits per heavy atom. The molecule has 3 rings (SSSR count). The van der Waals surface area contributed by atoms with E-state index in [9.17, 15) is 14.7 Å². The summed E-state index contributed by atoms with van der Waals surface area (Å²) >= 11 is 0. The van der Waals surface area contributed by atoms with E-state index in [1.807, 2.05) is 0 Å². The van der Waals surface area contributed by atoms with Gasteiger partial charge >= 0.3 is 5.97 Å². The van der Waals surface area contributed by atoms with Crippen molar-refractivity contribution in [3.63, 3.8) is 0 Å². The second-order valence-electron chi connectivity index (χ2n) is 6.05. The highest BCUT2D eigenvalue weighted by Gasteiger charge is 2.56. The van der Waals surface area contributed by atoms with E-state index in [0.29, 0.717) is 26.2 Å². The number of piperidine rings is 1. The first-order chi connectivity index (χ1) is 9.13. The fourth-order valence-corrected chi connectivity index (χ4v) is 3.71. The van der Waals surface area contributed by atoms with Crippen molar-refractivity contribution in [2.24, 2.45) is 17.3 Å². The highest BCUT2D eigenvalue weighted by Crippen LogP contribution is 2.39. The van der Waals surface area contributed by atoms with Gasteiger partial charge in [0, 0.05) is 38.6 Å². The van der Waals surface area contributed by atoms with Gasteiger partial charge in [0.15, 0.2) is 0 Å². The monoisotopic (exact) mass is 267 g/mol. The first-order valence-corrected chi connectivity index (χ1v) is 7.07. The number of carboxylic acid groups (broad SMARTS) is 1. The first kappa shape index (κ1) is 12.9. The molecule has 0 radical (unpaired) electrons. The molecule has 0 bridgehead atoms. The van der Waals surface area contributed by atoms with Crippen molar-refractivity contribution in [1.82, 2.24) is 15.5 Å². The molecular weight excluding hydrogens is 246 g/mol. The van der Waals surface area contributed by atoms with Crippen LogP contribution in [0.25, 0.3) is 0 Å². The fourth-order valence-electron chi connectivity index (χ4n) is 3.71. The summed E-state index contributed by atoms with van der Waals surface area (Å²) in [6.45, 7) is 3.87. The van der Waals surface area contributed by atoms with E-state index in [4.69, 9.17) is 0 Å². The van der Waals surface area contributed by atoms with Crippen LogP contribution in [0.15, 0.2) is 0 Å². The first-order valence-electron chi connectivity index (χ1n) is 7.07. The van der Waals surface area contributed by atoms with Gasteiger partial charge in [-0.1, -0.05) is 0 Å². The predicted octanol–water partition coefficient (Wildman–Crippen LogP) is -0.881. The summed E-state index contributed by atoms with van der Waals surface area (Å²) in [4.78, 5) is 25.8. The van der Waals surface area contributed by atoms with Crippen LogP contribution in [0, 0.1) is 17.3 Å². The van der Waals surface area contributed by atoms with E-state index in [2.05, 4.69) is 10.6 Å². The molecule has 3 fully saturated rings. The van der Waals surface area contributed by atoms with Crippen molar-refractivity contribution in [3.8, 4) is 0 Å². The molecule has 0 aromatic carbocycles. The van der Waals surface area contributed by atoms with E-state index in [-0.39, 0.29) is 17.7 Å². The molecule has 1 amide bonds. The minimum absolute atomic E-state index is 0.0337. The lowest BCUT2D eigenvalue weighted by atomic mass is 9.81. The molecule has 0 saturated carbocycles. The van der Waals surface area contributed by atoms with Gasteiger partial charge in [-0.2, -0.15) is 0 Å². The van der Waals surface area contributed by atoms with Gasteiger partial charge in [0.1, 0.15) is 5.41 Å². The Hall–Kier alpha value is -1.14. The van der Waals surface area contributed by atoms with Gasteiger partial charge in [0.25, 0.3) is 0 Å². The lowest BCUT2D eigenvalue weighted by Crippen LogP contribution is -2.45. The van der Waals surface area contributed by atoms with Crippen LogP contribution in [0.1, 0.15) is 12.8 Å². The number of carboxylic acids is 1. The Bertz CT molecular complexity index is 395. The lowest BCUT2D eigenvalue weighted by Gasteiger charge is -2.28. The Balaban J connectivity index is 1.71. The summed E-state index contributed by atoms with van der Waals surface area (Å²) in [5.74, 6) is -0.529. The second-order valence-corrected chi connectivity index (χ2v) is 6.05. The smallest absolute Gasteiger partial charge is 0.313 e. The molecule has 3 saturated heterocycles. The zero-order valence-electron chi connectivity index (χ0n) is 11.0. The van der Waals surface area contributed by atoms with Crippen molar-refractivity contribution >= 4 is 11.9 Å². The molecule has 0 aromatic rings. The number of hydrogen-bond acceptors (Lipinski definition) is 4. The third-order valence-corrected chi connectivity index (χ3v) is 4.91. The quantitative estimate of drug-likeness (QED) is 0.605. The fraction of sp³-hybridized carbons (Fsp3) is 0.846. The van der Waals surface area contributed by atoms with Crippen LogP contribution in [0.4, 0.5) is 0 Å². The van der Waals surface area contributed by atoms with Crippen LogP contribution < -0.4 is 10.6 Å². The van der Waals surface area contributed by atoms with Crippen molar-refractivity contribution in [2.45, 2.75) is 12.8 Å². The van der Waals surface area contributed by atoms with Gasteiger partial charge in [-0.15, -0.1) is 0 Å². The van der Waals surface area contributed by atoms with E-state index >= 15 is 0 Å². The number of nitrogens with one attached hydrogen (secondary N) is 2. The number of aliphatic carboxylic acids is 1. The molecule has 6 heteroatoms. The molecule has 3 atom stereocenters. The summed E-state index contributed by atoms with van der Waals surface area (Å²) in [5, 5.41) is 15.9. The van der Waals surface area contributed by atoms with Crippen LogP contribution in [0.2, 0.25) is 0 Å². The standard InChI is InChI=1S/C13H21N3O3/c17-11(9-2-1-3-14-4-9)16-6-10-5-15-7-13(10,8-16)12(18)19/h9-10,14-15H,1-8H2,(H,18,19)/t9-,10-,13-/m0/s1. The van der Waals surface area contributed by atoms with Gasteiger partial charge in [0.05, 0.1) is 5.92 Å². The molecule has 3 aliphatic heterocycles. The maximum atomic E-state index is 12.5. The highest BCUT2D eigenvalue weighted by molar-refractivity contribution is 5.83.